The van der Waals surface area contributed by atoms with Crippen LogP contribution in [0, 0.1) is 0 Å². The minimum Gasteiger partial charge on any atom is -0.480 e. The fraction of sp³-hybridized carbons (Fsp3) is 0.500. The molecule has 1 aromatic rings. The van der Waals surface area contributed by atoms with E-state index in [1.165, 1.54) is 4.68 Å². The Hall–Kier alpha value is -1.89. The van der Waals surface area contributed by atoms with E-state index in [-0.39, 0.29) is 5.69 Å². The first kappa shape index (κ1) is 13.2. The van der Waals surface area contributed by atoms with Gasteiger partial charge in [0.25, 0.3) is 5.91 Å². The third kappa shape index (κ3) is 3.04. The molecule has 0 saturated carbocycles. The number of amides is 1. The average molecular weight is 241 g/mol. The summed E-state index contributed by atoms with van der Waals surface area (Å²) in [6.07, 6.45) is 0.684. The molecular weight excluding hydrogens is 226 g/mol. The molecule has 94 valence electrons. The maximum absolute atomic E-state index is 11.7. The minimum atomic E-state index is -1.30. The predicted molar refractivity (Wildman–Crippen MR) is 58.6 cm³/mol. The first-order valence-electron chi connectivity index (χ1n) is 5.17. The predicted octanol–water partition coefficient (Wildman–Crippen LogP) is -0.842. The van der Waals surface area contributed by atoms with Gasteiger partial charge in [0.15, 0.2) is 6.04 Å². The van der Waals surface area contributed by atoms with E-state index in [1.54, 1.807) is 13.1 Å². The number of hydrogen-bond donors (Lipinski definition) is 3. The Morgan fingerprint density at radius 1 is 1.59 bits per heavy atom. The molecule has 7 nitrogen and oxygen atoms in total. The molecule has 0 unspecified atom stereocenters. The highest BCUT2D eigenvalue weighted by Crippen LogP contribution is 2.04. The molecule has 17 heavy (non-hydrogen) atoms. The van der Waals surface area contributed by atoms with Crippen molar-refractivity contribution in [1.82, 2.24) is 15.1 Å². The largest absolute Gasteiger partial charge is 0.480 e. The second-order valence-electron chi connectivity index (χ2n) is 3.54. The first-order chi connectivity index (χ1) is 7.99. The van der Waals surface area contributed by atoms with Crippen molar-refractivity contribution in [3.8, 4) is 0 Å². The zero-order valence-corrected chi connectivity index (χ0v) is 9.67. The Kier molecular flexibility index (Phi) is 4.22. The van der Waals surface area contributed by atoms with Crippen molar-refractivity contribution >= 4 is 11.9 Å². The van der Waals surface area contributed by atoms with Gasteiger partial charge in [-0.2, -0.15) is 5.10 Å². The number of rotatable bonds is 5. The topological polar surface area (TPSA) is 104 Å². The number of aryl methyl sites for hydroxylation is 2. The molecule has 1 heterocycles. The van der Waals surface area contributed by atoms with Crippen molar-refractivity contribution in [2.75, 3.05) is 6.61 Å². The van der Waals surface area contributed by atoms with Gasteiger partial charge in [0, 0.05) is 7.05 Å². The lowest BCUT2D eigenvalue weighted by Gasteiger charge is -2.11. The third-order valence-electron chi connectivity index (χ3n) is 2.31. The smallest absolute Gasteiger partial charge is 0.328 e. The van der Waals surface area contributed by atoms with Gasteiger partial charge < -0.3 is 15.5 Å². The first-order valence-corrected chi connectivity index (χ1v) is 5.17. The molecule has 0 aliphatic heterocycles. The van der Waals surface area contributed by atoms with Crippen LogP contribution in [0.2, 0.25) is 0 Å². The Morgan fingerprint density at radius 2 is 2.24 bits per heavy atom. The van der Waals surface area contributed by atoms with Gasteiger partial charge in [-0.1, -0.05) is 6.92 Å². The van der Waals surface area contributed by atoms with Crippen LogP contribution in [-0.2, 0) is 18.3 Å². The number of aliphatic hydroxyl groups is 1. The Bertz CT molecular complexity index is 427. The van der Waals surface area contributed by atoms with Crippen LogP contribution >= 0.6 is 0 Å². The van der Waals surface area contributed by atoms with Gasteiger partial charge in [0.05, 0.1) is 12.3 Å². The summed E-state index contributed by atoms with van der Waals surface area (Å²) in [5.74, 6) is -1.85. The van der Waals surface area contributed by atoms with Gasteiger partial charge in [-0.05, 0) is 12.5 Å². The fourth-order valence-electron chi connectivity index (χ4n) is 1.33. The number of carbonyl (C=O) groups is 2. The minimum absolute atomic E-state index is 0.265. The highest BCUT2D eigenvalue weighted by molar-refractivity contribution is 5.95. The summed E-state index contributed by atoms with van der Waals surface area (Å²) in [6.45, 7) is 1.25. The van der Waals surface area contributed by atoms with E-state index in [2.05, 4.69) is 10.4 Å². The zero-order chi connectivity index (χ0) is 13.0. The lowest BCUT2D eigenvalue weighted by atomic mass is 10.2. The van der Waals surface area contributed by atoms with E-state index in [1.807, 2.05) is 6.92 Å². The van der Waals surface area contributed by atoms with Gasteiger partial charge in [0.2, 0.25) is 0 Å². The van der Waals surface area contributed by atoms with E-state index >= 15 is 0 Å². The van der Waals surface area contributed by atoms with Crippen LogP contribution < -0.4 is 5.32 Å². The van der Waals surface area contributed by atoms with Crippen LogP contribution in [0.15, 0.2) is 6.07 Å². The lowest BCUT2D eigenvalue weighted by Crippen LogP contribution is -2.43. The quantitative estimate of drug-likeness (QED) is 0.623. The highest BCUT2D eigenvalue weighted by Gasteiger charge is 2.21. The number of carboxylic acid groups (broad SMARTS) is 1. The van der Waals surface area contributed by atoms with Gasteiger partial charge in [-0.25, -0.2) is 4.79 Å². The van der Waals surface area contributed by atoms with E-state index in [4.69, 9.17) is 10.2 Å². The number of nitrogens with one attached hydrogen (secondary N) is 1. The number of carbonyl (C=O) groups excluding carboxylic acids is 1. The third-order valence-corrected chi connectivity index (χ3v) is 2.31. The van der Waals surface area contributed by atoms with Gasteiger partial charge in [0.1, 0.15) is 5.69 Å². The van der Waals surface area contributed by atoms with Crippen molar-refractivity contribution in [1.29, 1.82) is 0 Å². The van der Waals surface area contributed by atoms with E-state index < -0.39 is 24.5 Å². The molecule has 0 saturated heterocycles. The fourth-order valence-corrected chi connectivity index (χ4v) is 1.33. The van der Waals surface area contributed by atoms with Crippen LogP contribution in [0.5, 0.6) is 0 Å². The zero-order valence-electron chi connectivity index (χ0n) is 9.67. The average Bonchev–Trinajstić information content (AvgIpc) is 2.66. The number of aliphatic carboxylic acids is 1. The van der Waals surface area contributed by atoms with Gasteiger partial charge in [-0.3, -0.25) is 9.48 Å². The molecule has 7 heteroatoms. The molecule has 0 fully saturated rings. The van der Waals surface area contributed by atoms with Gasteiger partial charge >= 0.3 is 5.97 Å². The molecule has 0 aliphatic rings. The number of hydrogen-bond acceptors (Lipinski definition) is 4. The molecule has 0 aromatic carbocycles. The van der Waals surface area contributed by atoms with Crippen molar-refractivity contribution in [3.05, 3.63) is 17.5 Å². The SMILES string of the molecule is CCc1cc(C(=O)N[C@@H](CO)C(=O)O)n(C)n1. The molecule has 0 spiro atoms. The summed E-state index contributed by atoms with van der Waals surface area (Å²) in [5.41, 5.74) is 1.01. The monoisotopic (exact) mass is 241 g/mol. The van der Waals surface area contributed by atoms with Gasteiger partial charge in [-0.15, -0.1) is 0 Å². The summed E-state index contributed by atoms with van der Waals surface area (Å²) < 4.78 is 1.38. The molecule has 0 aliphatic carbocycles. The molecule has 3 N–H and O–H groups in total. The summed E-state index contributed by atoms with van der Waals surface area (Å²) in [6, 6.07) is 0.286. The number of nitrogens with zero attached hydrogens (tertiary/aromatic N) is 2. The number of carboxylic acids is 1. The van der Waals surface area contributed by atoms with Crippen LogP contribution in [0.4, 0.5) is 0 Å². The molecule has 1 amide bonds. The Morgan fingerprint density at radius 3 is 2.65 bits per heavy atom. The van der Waals surface area contributed by atoms with E-state index in [0.717, 1.165) is 5.69 Å². The Labute approximate surface area is 98.1 Å². The van der Waals surface area contributed by atoms with E-state index in [0.29, 0.717) is 6.42 Å². The summed E-state index contributed by atoms with van der Waals surface area (Å²) in [4.78, 5) is 22.4. The van der Waals surface area contributed by atoms with Crippen LogP contribution in [0.25, 0.3) is 0 Å². The maximum Gasteiger partial charge on any atom is 0.328 e. The van der Waals surface area contributed by atoms with Crippen molar-refractivity contribution in [2.45, 2.75) is 19.4 Å². The highest BCUT2D eigenvalue weighted by atomic mass is 16.4. The molecule has 0 bridgehead atoms. The van der Waals surface area contributed by atoms with Crippen molar-refractivity contribution in [3.63, 3.8) is 0 Å². The summed E-state index contributed by atoms with van der Waals surface area (Å²) in [7, 11) is 1.60. The molecule has 1 rings (SSSR count). The number of aromatic nitrogens is 2. The summed E-state index contributed by atoms with van der Waals surface area (Å²) >= 11 is 0. The summed E-state index contributed by atoms with van der Waals surface area (Å²) in [5, 5.41) is 23.8. The number of aliphatic hydroxyl groups excluding tert-OH is 1. The van der Waals surface area contributed by atoms with Crippen molar-refractivity contribution < 1.29 is 19.8 Å². The molecule has 0 radical (unpaired) electrons. The normalized spacial score (nSPS) is 12.2. The molecular formula is C10H15N3O4. The molecule has 1 atom stereocenters. The lowest BCUT2D eigenvalue weighted by molar-refractivity contribution is -0.140. The van der Waals surface area contributed by atoms with Crippen LogP contribution in [0.1, 0.15) is 23.1 Å². The second kappa shape index (κ2) is 5.44. The standard InChI is InChI=1S/C10H15N3O4/c1-3-6-4-8(13(2)12-6)9(15)11-7(5-14)10(16)17/h4,7,14H,3,5H2,1-2H3,(H,11,15)(H,16,17)/t7-/m0/s1. The van der Waals surface area contributed by atoms with E-state index in [9.17, 15) is 9.59 Å². The van der Waals surface area contributed by atoms with Crippen LogP contribution in [0.3, 0.4) is 0 Å². The maximum atomic E-state index is 11.7. The molecule has 1 aromatic heterocycles. The Balaban J connectivity index is 2.82. The second-order valence-corrected chi connectivity index (χ2v) is 3.54. The van der Waals surface area contributed by atoms with Crippen LogP contribution in [-0.4, -0.2) is 44.5 Å². The van der Waals surface area contributed by atoms with Crippen molar-refractivity contribution in [2.24, 2.45) is 7.05 Å².